The van der Waals surface area contributed by atoms with Crippen LogP contribution in [0.3, 0.4) is 0 Å². The smallest absolute Gasteiger partial charge is 0.242 e. The fourth-order valence-corrected chi connectivity index (χ4v) is 4.45. The summed E-state index contributed by atoms with van der Waals surface area (Å²) in [6.45, 7) is 1.90. The predicted octanol–water partition coefficient (Wildman–Crippen LogP) is 1.86. The number of fused-ring (bicyclic) bond motifs is 1. The van der Waals surface area contributed by atoms with Crippen molar-refractivity contribution in [3.8, 4) is 0 Å². The summed E-state index contributed by atoms with van der Waals surface area (Å²) in [6, 6.07) is 10.0. The standard InChI is InChI=1S/C16H17ClN6O2S/c17-12-5-1-2-6-13(12)26(24,25)18-11-16-20-19-14-7-8-15(21-23(14)16)22-9-3-4-10-22/h1-2,5-8,18H,3-4,9-11H2. The molecule has 1 aliphatic rings. The second kappa shape index (κ2) is 6.82. The van der Waals surface area contributed by atoms with Crippen LogP contribution in [0.25, 0.3) is 5.65 Å². The third-order valence-corrected chi connectivity index (χ3v) is 6.19. The first-order valence-electron chi connectivity index (χ1n) is 8.25. The van der Waals surface area contributed by atoms with Crippen molar-refractivity contribution in [3.05, 3.63) is 47.2 Å². The van der Waals surface area contributed by atoms with Crippen molar-refractivity contribution in [3.63, 3.8) is 0 Å². The Morgan fingerprint density at radius 2 is 1.85 bits per heavy atom. The second-order valence-corrected chi connectivity index (χ2v) is 8.17. The molecule has 3 aromatic rings. The molecule has 3 heterocycles. The zero-order valence-electron chi connectivity index (χ0n) is 13.8. The molecule has 2 aromatic heterocycles. The molecule has 0 saturated carbocycles. The third kappa shape index (κ3) is 3.25. The number of halogens is 1. The van der Waals surface area contributed by atoms with Gasteiger partial charge < -0.3 is 4.90 Å². The van der Waals surface area contributed by atoms with Crippen LogP contribution in [0.5, 0.6) is 0 Å². The van der Waals surface area contributed by atoms with Crippen molar-refractivity contribution >= 4 is 33.1 Å². The van der Waals surface area contributed by atoms with E-state index in [9.17, 15) is 8.42 Å². The number of anilines is 1. The Morgan fingerprint density at radius 1 is 1.08 bits per heavy atom. The van der Waals surface area contributed by atoms with Gasteiger partial charge in [-0.1, -0.05) is 23.7 Å². The molecule has 0 amide bonds. The SMILES string of the molecule is O=S(=O)(NCc1nnc2ccc(N3CCCC3)nn12)c1ccccc1Cl. The van der Waals surface area contributed by atoms with E-state index < -0.39 is 10.0 Å². The summed E-state index contributed by atoms with van der Waals surface area (Å²) in [5, 5.41) is 12.8. The maximum absolute atomic E-state index is 12.5. The lowest BCUT2D eigenvalue weighted by atomic mass is 10.4. The molecule has 0 radical (unpaired) electrons. The number of sulfonamides is 1. The topological polar surface area (TPSA) is 92.5 Å². The Labute approximate surface area is 155 Å². The molecule has 4 rings (SSSR count). The summed E-state index contributed by atoms with van der Waals surface area (Å²) in [7, 11) is -3.76. The van der Waals surface area contributed by atoms with Crippen molar-refractivity contribution < 1.29 is 8.42 Å². The van der Waals surface area contributed by atoms with Crippen molar-refractivity contribution in [1.82, 2.24) is 24.5 Å². The molecule has 1 aliphatic heterocycles. The number of aromatic nitrogens is 4. The Bertz CT molecular complexity index is 1050. The molecule has 0 unspecified atom stereocenters. The van der Waals surface area contributed by atoms with Gasteiger partial charge in [-0.3, -0.25) is 0 Å². The van der Waals surface area contributed by atoms with E-state index in [1.54, 1.807) is 16.6 Å². The van der Waals surface area contributed by atoms with E-state index >= 15 is 0 Å². The van der Waals surface area contributed by atoms with Crippen molar-refractivity contribution in [2.75, 3.05) is 18.0 Å². The zero-order valence-corrected chi connectivity index (χ0v) is 15.4. The maximum atomic E-state index is 12.5. The van der Waals surface area contributed by atoms with Crippen LogP contribution in [-0.4, -0.2) is 41.3 Å². The highest BCUT2D eigenvalue weighted by atomic mass is 35.5. The van der Waals surface area contributed by atoms with E-state index in [1.807, 2.05) is 12.1 Å². The highest BCUT2D eigenvalue weighted by Gasteiger charge is 2.20. The average Bonchev–Trinajstić information content (AvgIpc) is 3.30. The van der Waals surface area contributed by atoms with Gasteiger partial charge in [0.1, 0.15) is 10.7 Å². The van der Waals surface area contributed by atoms with Gasteiger partial charge in [-0.15, -0.1) is 15.3 Å². The van der Waals surface area contributed by atoms with E-state index in [0.717, 1.165) is 31.7 Å². The Morgan fingerprint density at radius 3 is 2.62 bits per heavy atom. The van der Waals surface area contributed by atoms with Crippen LogP contribution in [0.4, 0.5) is 5.82 Å². The molecule has 1 saturated heterocycles. The number of hydrogen-bond acceptors (Lipinski definition) is 6. The maximum Gasteiger partial charge on any atom is 0.242 e. The summed E-state index contributed by atoms with van der Waals surface area (Å²) in [6.07, 6.45) is 2.29. The molecule has 1 N–H and O–H groups in total. The van der Waals surface area contributed by atoms with Crippen LogP contribution >= 0.6 is 11.6 Å². The van der Waals surface area contributed by atoms with Crippen LogP contribution in [0.1, 0.15) is 18.7 Å². The first kappa shape index (κ1) is 17.2. The van der Waals surface area contributed by atoms with Crippen LogP contribution in [-0.2, 0) is 16.6 Å². The monoisotopic (exact) mass is 392 g/mol. The Balaban J connectivity index is 1.59. The van der Waals surface area contributed by atoms with Gasteiger partial charge in [0.15, 0.2) is 11.5 Å². The van der Waals surface area contributed by atoms with E-state index in [2.05, 4.69) is 24.9 Å². The van der Waals surface area contributed by atoms with Crippen LogP contribution in [0, 0.1) is 0 Å². The molecule has 0 aliphatic carbocycles. The lowest BCUT2D eigenvalue weighted by Crippen LogP contribution is -2.25. The minimum Gasteiger partial charge on any atom is -0.355 e. The zero-order chi connectivity index (χ0) is 18.1. The molecule has 0 spiro atoms. The summed E-state index contributed by atoms with van der Waals surface area (Å²) >= 11 is 5.99. The van der Waals surface area contributed by atoms with E-state index in [1.165, 1.54) is 12.1 Å². The number of hydrogen-bond donors (Lipinski definition) is 1. The van der Waals surface area contributed by atoms with E-state index in [0.29, 0.717) is 11.5 Å². The molecule has 136 valence electrons. The van der Waals surface area contributed by atoms with Gasteiger partial charge in [0.2, 0.25) is 10.0 Å². The molecule has 0 bridgehead atoms. The van der Waals surface area contributed by atoms with Crippen LogP contribution < -0.4 is 9.62 Å². The minimum atomic E-state index is -3.76. The Hall–Kier alpha value is -2.23. The fourth-order valence-electron chi connectivity index (χ4n) is 2.95. The van der Waals surface area contributed by atoms with Gasteiger partial charge >= 0.3 is 0 Å². The number of nitrogens with zero attached hydrogens (tertiary/aromatic N) is 5. The van der Waals surface area contributed by atoms with Crippen LogP contribution in [0.15, 0.2) is 41.3 Å². The van der Waals surface area contributed by atoms with Gasteiger partial charge in [-0.25, -0.2) is 13.1 Å². The van der Waals surface area contributed by atoms with Gasteiger partial charge in [-0.05, 0) is 37.1 Å². The van der Waals surface area contributed by atoms with E-state index in [4.69, 9.17) is 11.6 Å². The van der Waals surface area contributed by atoms with Crippen LogP contribution in [0.2, 0.25) is 5.02 Å². The molecular weight excluding hydrogens is 376 g/mol. The molecular formula is C16H17ClN6O2S. The summed E-state index contributed by atoms with van der Waals surface area (Å²) in [5.74, 6) is 1.25. The molecule has 26 heavy (non-hydrogen) atoms. The fraction of sp³-hybridized carbons (Fsp3) is 0.312. The molecule has 1 fully saturated rings. The first-order chi connectivity index (χ1) is 12.5. The van der Waals surface area contributed by atoms with E-state index in [-0.39, 0.29) is 16.5 Å². The highest BCUT2D eigenvalue weighted by molar-refractivity contribution is 7.89. The number of benzene rings is 1. The van der Waals surface area contributed by atoms with Crippen molar-refractivity contribution in [1.29, 1.82) is 0 Å². The van der Waals surface area contributed by atoms with Gasteiger partial charge in [0.05, 0.1) is 11.6 Å². The van der Waals surface area contributed by atoms with Gasteiger partial charge in [0, 0.05) is 13.1 Å². The summed E-state index contributed by atoms with van der Waals surface area (Å²) < 4.78 is 29.0. The molecule has 0 atom stereocenters. The second-order valence-electron chi connectivity index (χ2n) is 6.03. The largest absolute Gasteiger partial charge is 0.355 e. The predicted molar refractivity (Wildman–Crippen MR) is 97.7 cm³/mol. The normalized spacial score (nSPS) is 15.0. The number of nitrogens with one attached hydrogen (secondary N) is 1. The molecule has 1 aromatic carbocycles. The lowest BCUT2D eigenvalue weighted by Gasteiger charge is -2.15. The molecule has 8 nitrogen and oxygen atoms in total. The average molecular weight is 393 g/mol. The summed E-state index contributed by atoms with van der Waals surface area (Å²) in [5.41, 5.74) is 0.569. The van der Waals surface area contributed by atoms with Gasteiger partial charge in [-0.2, -0.15) is 4.52 Å². The third-order valence-electron chi connectivity index (χ3n) is 4.29. The quantitative estimate of drug-likeness (QED) is 0.712. The highest BCUT2D eigenvalue weighted by Crippen LogP contribution is 2.21. The lowest BCUT2D eigenvalue weighted by molar-refractivity contribution is 0.578. The Kier molecular flexibility index (Phi) is 4.51. The van der Waals surface area contributed by atoms with Crippen molar-refractivity contribution in [2.45, 2.75) is 24.3 Å². The van der Waals surface area contributed by atoms with Gasteiger partial charge in [0.25, 0.3) is 0 Å². The molecule has 10 heteroatoms. The first-order valence-corrected chi connectivity index (χ1v) is 10.1. The minimum absolute atomic E-state index is 0.0289. The summed E-state index contributed by atoms with van der Waals surface area (Å²) in [4.78, 5) is 2.22. The van der Waals surface area contributed by atoms with Crippen molar-refractivity contribution in [2.24, 2.45) is 0 Å². The number of rotatable bonds is 5.